The molecule has 0 aliphatic carbocycles. The average molecular weight is 223 g/mol. The van der Waals surface area contributed by atoms with Crippen LogP contribution in [-0.2, 0) is 13.1 Å². The summed E-state index contributed by atoms with van der Waals surface area (Å²) in [6, 6.07) is 4.97. The Bertz CT molecular complexity index is 376. The Morgan fingerprint density at radius 3 is 2.56 bits per heavy atom. The Hall–Kier alpha value is -1.51. The SMILES string of the molecule is C=C(O)N1Cc2cccc(F)c2C1.CCC. The van der Waals surface area contributed by atoms with E-state index in [9.17, 15) is 4.39 Å². The molecule has 1 aliphatic heterocycles. The average Bonchev–Trinajstić information content (AvgIpc) is 2.64. The van der Waals surface area contributed by atoms with Crippen LogP contribution >= 0.6 is 0 Å². The largest absolute Gasteiger partial charge is 0.495 e. The van der Waals surface area contributed by atoms with Crippen molar-refractivity contribution >= 4 is 0 Å². The van der Waals surface area contributed by atoms with Crippen LogP contribution in [-0.4, -0.2) is 10.0 Å². The van der Waals surface area contributed by atoms with Crippen molar-refractivity contribution in [2.45, 2.75) is 33.4 Å². The molecule has 1 aliphatic rings. The molecule has 1 N–H and O–H groups in total. The lowest BCUT2D eigenvalue weighted by molar-refractivity contribution is 0.204. The Kier molecular flexibility index (Phi) is 4.35. The quantitative estimate of drug-likeness (QED) is 0.735. The van der Waals surface area contributed by atoms with E-state index in [2.05, 4.69) is 20.4 Å². The van der Waals surface area contributed by atoms with Gasteiger partial charge in [0.25, 0.3) is 0 Å². The predicted octanol–water partition coefficient (Wildman–Crippen LogP) is 3.59. The molecule has 2 nitrogen and oxygen atoms in total. The second-order valence-electron chi connectivity index (χ2n) is 3.86. The minimum Gasteiger partial charge on any atom is -0.495 e. The maximum atomic E-state index is 13.2. The lowest BCUT2D eigenvalue weighted by atomic mass is 10.1. The predicted molar refractivity (Wildman–Crippen MR) is 63.4 cm³/mol. The van der Waals surface area contributed by atoms with Crippen molar-refractivity contribution in [2.24, 2.45) is 0 Å². The highest BCUT2D eigenvalue weighted by Crippen LogP contribution is 2.26. The molecular formula is C13H18FNO. The third-order valence-corrected chi connectivity index (χ3v) is 2.29. The summed E-state index contributed by atoms with van der Waals surface area (Å²) < 4.78 is 13.2. The number of fused-ring (bicyclic) bond motifs is 1. The maximum absolute atomic E-state index is 13.2. The topological polar surface area (TPSA) is 23.5 Å². The normalized spacial score (nSPS) is 12.8. The molecule has 0 radical (unpaired) electrons. The number of halogens is 1. The summed E-state index contributed by atoms with van der Waals surface area (Å²) in [5.74, 6) is -0.211. The van der Waals surface area contributed by atoms with Crippen LogP contribution in [0.3, 0.4) is 0 Å². The molecule has 0 saturated heterocycles. The van der Waals surface area contributed by atoms with Crippen molar-refractivity contribution in [2.75, 3.05) is 0 Å². The van der Waals surface area contributed by atoms with Gasteiger partial charge in [-0.15, -0.1) is 0 Å². The summed E-state index contributed by atoms with van der Waals surface area (Å²) in [6.45, 7) is 8.62. The Morgan fingerprint density at radius 1 is 1.44 bits per heavy atom. The molecule has 1 aromatic rings. The van der Waals surface area contributed by atoms with Gasteiger partial charge < -0.3 is 10.0 Å². The molecule has 1 heterocycles. The fourth-order valence-electron chi connectivity index (χ4n) is 1.56. The standard InChI is InChI=1S/C10H10FNO.C3H8/c1-7(13)12-5-8-3-2-4-10(11)9(8)6-12;1-3-2/h2-4,13H,1,5-6H2;3H2,1-2H3. The van der Waals surface area contributed by atoms with E-state index in [1.165, 1.54) is 12.5 Å². The van der Waals surface area contributed by atoms with E-state index < -0.39 is 0 Å². The Morgan fingerprint density at radius 2 is 2.06 bits per heavy atom. The number of nitrogens with zero attached hydrogens (tertiary/aromatic N) is 1. The summed E-state index contributed by atoms with van der Waals surface area (Å²) in [5, 5.41) is 9.12. The molecular weight excluding hydrogens is 205 g/mol. The fourth-order valence-corrected chi connectivity index (χ4v) is 1.56. The van der Waals surface area contributed by atoms with E-state index in [4.69, 9.17) is 5.11 Å². The first-order chi connectivity index (χ1) is 7.60. The number of aliphatic hydroxyl groups is 1. The molecule has 1 aromatic carbocycles. The van der Waals surface area contributed by atoms with Gasteiger partial charge in [0.15, 0.2) is 5.88 Å². The number of rotatable bonds is 1. The first kappa shape index (κ1) is 12.6. The van der Waals surface area contributed by atoms with Crippen LogP contribution in [0.15, 0.2) is 30.7 Å². The van der Waals surface area contributed by atoms with Gasteiger partial charge in [-0.1, -0.05) is 32.4 Å². The minimum atomic E-state index is -0.207. The van der Waals surface area contributed by atoms with Gasteiger partial charge in [-0.3, -0.25) is 0 Å². The highest BCUT2D eigenvalue weighted by molar-refractivity contribution is 5.32. The zero-order valence-electron chi connectivity index (χ0n) is 9.83. The molecule has 88 valence electrons. The van der Waals surface area contributed by atoms with Crippen molar-refractivity contribution in [3.8, 4) is 0 Å². The third kappa shape index (κ3) is 2.75. The van der Waals surface area contributed by atoms with Gasteiger partial charge in [0.2, 0.25) is 0 Å². The molecule has 0 atom stereocenters. The Balaban J connectivity index is 0.000000386. The lowest BCUT2D eigenvalue weighted by Crippen LogP contribution is -2.14. The first-order valence-electron chi connectivity index (χ1n) is 5.49. The van der Waals surface area contributed by atoms with Gasteiger partial charge in [0, 0.05) is 18.7 Å². The van der Waals surface area contributed by atoms with Gasteiger partial charge in [-0.25, -0.2) is 4.39 Å². The number of aliphatic hydroxyl groups excluding tert-OH is 1. The van der Waals surface area contributed by atoms with Gasteiger partial charge in [-0.2, -0.15) is 0 Å². The van der Waals surface area contributed by atoms with Crippen LogP contribution in [0.2, 0.25) is 0 Å². The molecule has 0 spiro atoms. The third-order valence-electron chi connectivity index (χ3n) is 2.29. The van der Waals surface area contributed by atoms with E-state index in [-0.39, 0.29) is 11.7 Å². The van der Waals surface area contributed by atoms with E-state index in [1.54, 1.807) is 11.0 Å². The Labute approximate surface area is 96.0 Å². The second kappa shape index (κ2) is 5.54. The van der Waals surface area contributed by atoms with Gasteiger partial charge in [-0.05, 0) is 18.2 Å². The van der Waals surface area contributed by atoms with Crippen molar-refractivity contribution in [1.29, 1.82) is 0 Å². The molecule has 0 fully saturated rings. The van der Waals surface area contributed by atoms with Gasteiger partial charge in [0.05, 0.1) is 0 Å². The molecule has 0 bridgehead atoms. The van der Waals surface area contributed by atoms with Crippen LogP contribution in [0.1, 0.15) is 31.4 Å². The van der Waals surface area contributed by atoms with Crippen molar-refractivity contribution < 1.29 is 9.50 Å². The van der Waals surface area contributed by atoms with E-state index in [0.717, 1.165) is 5.56 Å². The summed E-state index contributed by atoms with van der Waals surface area (Å²) in [5.41, 5.74) is 1.59. The zero-order chi connectivity index (χ0) is 12.1. The van der Waals surface area contributed by atoms with Crippen molar-refractivity contribution in [3.63, 3.8) is 0 Å². The highest BCUT2D eigenvalue weighted by atomic mass is 19.1. The van der Waals surface area contributed by atoms with Crippen LogP contribution < -0.4 is 0 Å². The molecule has 0 aromatic heterocycles. The molecule has 16 heavy (non-hydrogen) atoms. The highest BCUT2D eigenvalue weighted by Gasteiger charge is 2.21. The minimum absolute atomic E-state index is 0.00407. The molecule has 0 unspecified atom stereocenters. The van der Waals surface area contributed by atoms with Crippen LogP contribution in [0.5, 0.6) is 0 Å². The van der Waals surface area contributed by atoms with Crippen LogP contribution in [0.4, 0.5) is 4.39 Å². The van der Waals surface area contributed by atoms with E-state index >= 15 is 0 Å². The molecule has 3 heteroatoms. The van der Waals surface area contributed by atoms with E-state index in [1.807, 2.05) is 6.07 Å². The molecule has 2 rings (SSSR count). The van der Waals surface area contributed by atoms with Crippen molar-refractivity contribution in [3.05, 3.63) is 47.6 Å². The summed E-state index contributed by atoms with van der Waals surface area (Å²) in [7, 11) is 0. The maximum Gasteiger partial charge on any atom is 0.179 e. The van der Waals surface area contributed by atoms with Gasteiger partial charge >= 0.3 is 0 Å². The van der Waals surface area contributed by atoms with Gasteiger partial charge in [0.1, 0.15) is 5.82 Å². The summed E-state index contributed by atoms with van der Waals surface area (Å²) in [6.07, 6.45) is 1.25. The molecule has 0 amide bonds. The number of hydrogen-bond donors (Lipinski definition) is 1. The number of hydrogen-bond acceptors (Lipinski definition) is 2. The lowest BCUT2D eigenvalue weighted by Gasteiger charge is -2.13. The zero-order valence-corrected chi connectivity index (χ0v) is 9.83. The van der Waals surface area contributed by atoms with Crippen molar-refractivity contribution in [1.82, 2.24) is 4.90 Å². The monoisotopic (exact) mass is 223 g/mol. The van der Waals surface area contributed by atoms with Crippen LogP contribution in [0.25, 0.3) is 0 Å². The smallest absolute Gasteiger partial charge is 0.179 e. The molecule has 0 saturated carbocycles. The fraction of sp³-hybridized carbons (Fsp3) is 0.385. The summed E-state index contributed by atoms with van der Waals surface area (Å²) in [4.78, 5) is 1.63. The van der Waals surface area contributed by atoms with E-state index in [0.29, 0.717) is 18.7 Å². The summed E-state index contributed by atoms with van der Waals surface area (Å²) >= 11 is 0. The second-order valence-corrected chi connectivity index (χ2v) is 3.86. The first-order valence-corrected chi connectivity index (χ1v) is 5.49. The van der Waals surface area contributed by atoms with Crippen LogP contribution in [0, 0.1) is 5.82 Å². The number of benzene rings is 1.